The Morgan fingerprint density at radius 1 is 1.12 bits per heavy atom. The Bertz CT molecular complexity index is 868. The summed E-state index contributed by atoms with van der Waals surface area (Å²) in [4.78, 5) is 27.6. The summed E-state index contributed by atoms with van der Waals surface area (Å²) in [6.07, 6.45) is 0. The molecule has 6 heteroatoms. The number of aromatic nitrogens is 1. The summed E-state index contributed by atoms with van der Waals surface area (Å²) in [6.45, 7) is 3.23. The SMILES string of the molecule is CC(=O)Nc1cccc(C(=O)N[C@@H](C)c2cc3ccccc3o2)n1. The van der Waals surface area contributed by atoms with Crippen LogP contribution in [-0.4, -0.2) is 16.8 Å². The Morgan fingerprint density at radius 3 is 2.67 bits per heavy atom. The van der Waals surface area contributed by atoms with Crippen LogP contribution in [0.4, 0.5) is 5.82 Å². The number of carbonyl (C=O) groups excluding carboxylic acids is 2. The van der Waals surface area contributed by atoms with Crippen LogP contribution in [0, 0.1) is 0 Å². The molecule has 6 nitrogen and oxygen atoms in total. The van der Waals surface area contributed by atoms with Crippen molar-refractivity contribution in [2.45, 2.75) is 19.9 Å². The number of nitrogens with one attached hydrogen (secondary N) is 2. The van der Waals surface area contributed by atoms with Crippen molar-refractivity contribution >= 4 is 28.6 Å². The molecule has 0 aliphatic rings. The molecule has 0 fully saturated rings. The molecular weight excluding hydrogens is 306 g/mol. The first kappa shape index (κ1) is 15.7. The van der Waals surface area contributed by atoms with Crippen molar-refractivity contribution in [2.75, 3.05) is 5.32 Å². The first-order valence-electron chi connectivity index (χ1n) is 7.57. The molecule has 0 aliphatic carbocycles. The van der Waals surface area contributed by atoms with Gasteiger partial charge in [0, 0.05) is 12.3 Å². The molecule has 2 amide bonds. The van der Waals surface area contributed by atoms with Gasteiger partial charge >= 0.3 is 0 Å². The van der Waals surface area contributed by atoms with E-state index >= 15 is 0 Å². The van der Waals surface area contributed by atoms with E-state index in [1.807, 2.05) is 37.3 Å². The van der Waals surface area contributed by atoms with E-state index in [0.29, 0.717) is 11.6 Å². The van der Waals surface area contributed by atoms with Gasteiger partial charge in [-0.05, 0) is 31.2 Å². The smallest absolute Gasteiger partial charge is 0.270 e. The van der Waals surface area contributed by atoms with Gasteiger partial charge in [-0.1, -0.05) is 24.3 Å². The third-order valence-corrected chi connectivity index (χ3v) is 3.50. The first-order chi connectivity index (χ1) is 11.5. The highest BCUT2D eigenvalue weighted by molar-refractivity contribution is 5.94. The Balaban J connectivity index is 1.75. The second-order valence-electron chi connectivity index (χ2n) is 5.47. The summed E-state index contributed by atoms with van der Waals surface area (Å²) in [5.74, 6) is 0.431. The first-order valence-corrected chi connectivity index (χ1v) is 7.57. The number of amides is 2. The Kier molecular flexibility index (Phi) is 4.29. The van der Waals surface area contributed by atoms with Crippen molar-refractivity contribution in [3.63, 3.8) is 0 Å². The van der Waals surface area contributed by atoms with E-state index < -0.39 is 0 Å². The van der Waals surface area contributed by atoms with Gasteiger partial charge in [-0.25, -0.2) is 4.98 Å². The quantitative estimate of drug-likeness (QED) is 0.771. The molecule has 0 unspecified atom stereocenters. The third-order valence-electron chi connectivity index (χ3n) is 3.50. The molecule has 0 saturated heterocycles. The number of fused-ring (bicyclic) bond motifs is 1. The summed E-state index contributed by atoms with van der Waals surface area (Å²) in [7, 11) is 0. The number of furan rings is 1. The Morgan fingerprint density at radius 2 is 1.92 bits per heavy atom. The fourth-order valence-electron chi connectivity index (χ4n) is 2.37. The van der Waals surface area contributed by atoms with Crippen molar-refractivity contribution in [1.82, 2.24) is 10.3 Å². The van der Waals surface area contributed by atoms with Gasteiger partial charge in [0.1, 0.15) is 22.9 Å². The van der Waals surface area contributed by atoms with Crippen LogP contribution in [0.5, 0.6) is 0 Å². The number of rotatable bonds is 4. The monoisotopic (exact) mass is 323 g/mol. The molecule has 0 aliphatic heterocycles. The minimum absolute atomic E-state index is 0.226. The summed E-state index contributed by atoms with van der Waals surface area (Å²) < 4.78 is 5.75. The molecular formula is C18H17N3O3. The van der Waals surface area contributed by atoms with Crippen LogP contribution in [0.25, 0.3) is 11.0 Å². The summed E-state index contributed by atoms with van der Waals surface area (Å²) in [5, 5.41) is 6.39. The molecule has 0 bridgehead atoms. The number of carbonyl (C=O) groups is 2. The second kappa shape index (κ2) is 6.54. The Labute approximate surface area is 138 Å². The fraction of sp³-hybridized carbons (Fsp3) is 0.167. The molecule has 2 aromatic heterocycles. The lowest BCUT2D eigenvalue weighted by Crippen LogP contribution is -2.27. The van der Waals surface area contributed by atoms with Crippen molar-refractivity contribution in [2.24, 2.45) is 0 Å². The van der Waals surface area contributed by atoms with Gasteiger partial charge in [-0.3, -0.25) is 9.59 Å². The average molecular weight is 323 g/mol. The molecule has 1 atom stereocenters. The summed E-state index contributed by atoms with van der Waals surface area (Å²) in [6, 6.07) is 14.1. The van der Waals surface area contributed by atoms with Gasteiger partial charge in [0.05, 0.1) is 6.04 Å². The number of para-hydroxylation sites is 1. The minimum atomic E-state index is -0.338. The number of pyridine rings is 1. The maximum Gasteiger partial charge on any atom is 0.270 e. The van der Waals surface area contributed by atoms with Gasteiger partial charge in [-0.2, -0.15) is 0 Å². The lowest BCUT2D eigenvalue weighted by atomic mass is 10.2. The van der Waals surface area contributed by atoms with Crippen molar-refractivity contribution in [1.29, 1.82) is 0 Å². The molecule has 3 rings (SSSR count). The topological polar surface area (TPSA) is 84.2 Å². The second-order valence-corrected chi connectivity index (χ2v) is 5.47. The zero-order valence-electron chi connectivity index (χ0n) is 13.4. The van der Waals surface area contributed by atoms with Crippen LogP contribution >= 0.6 is 0 Å². The molecule has 0 radical (unpaired) electrons. The van der Waals surface area contributed by atoms with Gasteiger partial charge in [0.15, 0.2) is 0 Å². The van der Waals surface area contributed by atoms with Crippen LogP contribution in [-0.2, 0) is 4.79 Å². The van der Waals surface area contributed by atoms with Gasteiger partial charge < -0.3 is 15.1 Å². The predicted octanol–water partition coefficient (Wildman–Crippen LogP) is 3.28. The molecule has 2 N–H and O–H groups in total. The zero-order chi connectivity index (χ0) is 17.1. The summed E-state index contributed by atoms with van der Waals surface area (Å²) >= 11 is 0. The molecule has 24 heavy (non-hydrogen) atoms. The minimum Gasteiger partial charge on any atom is -0.459 e. The largest absolute Gasteiger partial charge is 0.459 e. The number of hydrogen-bond donors (Lipinski definition) is 2. The van der Waals surface area contributed by atoms with Crippen LogP contribution in [0.15, 0.2) is 52.9 Å². The van der Waals surface area contributed by atoms with Gasteiger partial charge in [-0.15, -0.1) is 0 Å². The van der Waals surface area contributed by atoms with E-state index in [0.717, 1.165) is 11.0 Å². The third kappa shape index (κ3) is 3.43. The van der Waals surface area contributed by atoms with Crippen LogP contribution in [0.1, 0.15) is 36.1 Å². The van der Waals surface area contributed by atoms with E-state index in [-0.39, 0.29) is 23.6 Å². The summed E-state index contributed by atoms with van der Waals surface area (Å²) in [5.41, 5.74) is 1.00. The molecule has 122 valence electrons. The average Bonchev–Trinajstić information content (AvgIpc) is 2.98. The van der Waals surface area contributed by atoms with Crippen molar-refractivity contribution in [3.05, 3.63) is 60.0 Å². The molecule has 0 spiro atoms. The maximum absolute atomic E-state index is 12.4. The molecule has 1 aromatic carbocycles. The fourth-order valence-corrected chi connectivity index (χ4v) is 2.37. The molecule has 2 heterocycles. The van der Waals surface area contributed by atoms with Gasteiger partial charge in [0.25, 0.3) is 5.91 Å². The van der Waals surface area contributed by atoms with Crippen LogP contribution < -0.4 is 10.6 Å². The van der Waals surface area contributed by atoms with E-state index in [2.05, 4.69) is 15.6 Å². The lowest BCUT2D eigenvalue weighted by Gasteiger charge is -2.11. The highest BCUT2D eigenvalue weighted by Gasteiger charge is 2.16. The van der Waals surface area contributed by atoms with Crippen molar-refractivity contribution < 1.29 is 14.0 Å². The normalized spacial score (nSPS) is 11.9. The highest BCUT2D eigenvalue weighted by Crippen LogP contribution is 2.23. The standard InChI is InChI=1S/C18H17N3O3/c1-11(16-10-13-6-3-4-8-15(13)24-16)19-18(23)14-7-5-9-17(21-14)20-12(2)22/h3-11H,1-2H3,(H,19,23)(H,20,21,22)/t11-/m0/s1. The van der Waals surface area contributed by atoms with Gasteiger partial charge in [0.2, 0.25) is 5.91 Å². The zero-order valence-corrected chi connectivity index (χ0v) is 13.4. The van der Waals surface area contributed by atoms with E-state index in [1.54, 1.807) is 18.2 Å². The van der Waals surface area contributed by atoms with Crippen LogP contribution in [0.2, 0.25) is 0 Å². The van der Waals surface area contributed by atoms with E-state index in [1.165, 1.54) is 6.92 Å². The number of benzene rings is 1. The van der Waals surface area contributed by atoms with E-state index in [4.69, 9.17) is 4.42 Å². The Hall–Kier alpha value is -3.15. The number of anilines is 1. The lowest BCUT2D eigenvalue weighted by molar-refractivity contribution is -0.114. The molecule has 3 aromatic rings. The number of nitrogens with zero attached hydrogens (tertiary/aromatic N) is 1. The predicted molar refractivity (Wildman–Crippen MR) is 90.6 cm³/mol. The maximum atomic E-state index is 12.4. The van der Waals surface area contributed by atoms with Crippen molar-refractivity contribution in [3.8, 4) is 0 Å². The number of hydrogen-bond acceptors (Lipinski definition) is 4. The van der Waals surface area contributed by atoms with E-state index in [9.17, 15) is 9.59 Å². The molecule has 0 saturated carbocycles. The van der Waals surface area contributed by atoms with Crippen LogP contribution in [0.3, 0.4) is 0 Å². The highest BCUT2D eigenvalue weighted by atomic mass is 16.3.